The first-order valence-corrected chi connectivity index (χ1v) is 6.82. The van der Waals surface area contributed by atoms with Gasteiger partial charge in [-0.25, -0.2) is 0 Å². The molecule has 4 nitrogen and oxygen atoms in total. The predicted octanol–water partition coefficient (Wildman–Crippen LogP) is 1.13. The number of hydrogen-bond acceptors (Lipinski definition) is 3. The fourth-order valence-corrected chi connectivity index (χ4v) is 2.34. The SMILES string of the molecule is O=C(N[C@H](CO)Cc1ccccc1)C1CCOCC1. The number of benzene rings is 1. The Morgan fingerprint density at radius 3 is 2.63 bits per heavy atom. The highest BCUT2D eigenvalue weighted by atomic mass is 16.5. The van der Waals surface area contributed by atoms with Gasteiger partial charge in [-0.1, -0.05) is 30.3 Å². The molecule has 0 aromatic heterocycles. The minimum absolute atomic E-state index is 0.0265. The van der Waals surface area contributed by atoms with Crippen molar-refractivity contribution in [1.29, 1.82) is 0 Å². The Kier molecular flexibility index (Phi) is 5.36. The lowest BCUT2D eigenvalue weighted by atomic mass is 9.98. The molecular formula is C15H21NO3. The van der Waals surface area contributed by atoms with Gasteiger partial charge in [0.05, 0.1) is 12.6 Å². The first kappa shape index (κ1) is 14.0. The zero-order valence-electron chi connectivity index (χ0n) is 11.0. The van der Waals surface area contributed by atoms with Crippen molar-refractivity contribution in [1.82, 2.24) is 5.32 Å². The molecule has 0 radical (unpaired) electrons. The fraction of sp³-hybridized carbons (Fsp3) is 0.533. The van der Waals surface area contributed by atoms with Crippen LogP contribution in [-0.2, 0) is 16.0 Å². The molecule has 0 bridgehead atoms. The Morgan fingerprint density at radius 2 is 2.00 bits per heavy atom. The molecule has 2 rings (SSSR count). The highest BCUT2D eigenvalue weighted by molar-refractivity contribution is 5.79. The molecule has 0 aliphatic carbocycles. The zero-order chi connectivity index (χ0) is 13.5. The minimum Gasteiger partial charge on any atom is -0.394 e. The van der Waals surface area contributed by atoms with E-state index in [-0.39, 0.29) is 24.5 Å². The van der Waals surface area contributed by atoms with Crippen molar-refractivity contribution in [3.05, 3.63) is 35.9 Å². The minimum atomic E-state index is -0.210. The van der Waals surface area contributed by atoms with Crippen molar-refractivity contribution in [2.45, 2.75) is 25.3 Å². The van der Waals surface area contributed by atoms with Crippen LogP contribution < -0.4 is 5.32 Å². The fourth-order valence-electron chi connectivity index (χ4n) is 2.34. The number of ether oxygens (including phenoxy) is 1. The molecule has 1 aliphatic heterocycles. The monoisotopic (exact) mass is 263 g/mol. The van der Waals surface area contributed by atoms with Crippen molar-refractivity contribution < 1.29 is 14.6 Å². The lowest BCUT2D eigenvalue weighted by Crippen LogP contribution is -2.43. The number of rotatable bonds is 5. The molecule has 1 amide bonds. The van der Waals surface area contributed by atoms with Gasteiger partial charge in [-0.05, 0) is 24.8 Å². The second kappa shape index (κ2) is 7.26. The summed E-state index contributed by atoms with van der Waals surface area (Å²) in [6.45, 7) is 1.27. The average Bonchev–Trinajstić information content (AvgIpc) is 2.48. The van der Waals surface area contributed by atoms with E-state index in [9.17, 15) is 9.90 Å². The van der Waals surface area contributed by atoms with Crippen molar-refractivity contribution in [3.63, 3.8) is 0 Å². The average molecular weight is 263 g/mol. The number of aliphatic hydroxyl groups excluding tert-OH is 1. The summed E-state index contributed by atoms with van der Waals surface area (Å²) >= 11 is 0. The second-order valence-electron chi connectivity index (χ2n) is 4.96. The molecule has 0 spiro atoms. The van der Waals surface area contributed by atoms with Gasteiger partial charge in [-0.15, -0.1) is 0 Å². The topological polar surface area (TPSA) is 58.6 Å². The quantitative estimate of drug-likeness (QED) is 0.837. The molecular weight excluding hydrogens is 242 g/mol. The Morgan fingerprint density at radius 1 is 1.32 bits per heavy atom. The van der Waals surface area contributed by atoms with E-state index in [0.29, 0.717) is 19.6 Å². The van der Waals surface area contributed by atoms with Crippen LogP contribution in [0.2, 0.25) is 0 Å². The number of carbonyl (C=O) groups excluding carboxylic acids is 1. The number of amides is 1. The van der Waals surface area contributed by atoms with Crippen molar-refractivity contribution in [2.24, 2.45) is 5.92 Å². The molecule has 1 heterocycles. The molecule has 1 aromatic rings. The Bertz CT molecular complexity index is 388. The first-order chi connectivity index (χ1) is 9.29. The summed E-state index contributed by atoms with van der Waals surface area (Å²) in [5, 5.41) is 12.3. The largest absolute Gasteiger partial charge is 0.394 e. The summed E-state index contributed by atoms with van der Waals surface area (Å²) < 4.78 is 5.25. The lowest BCUT2D eigenvalue weighted by Gasteiger charge is -2.24. The smallest absolute Gasteiger partial charge is 0.223 e. The van der Waals surface area contributed by atoms with Crippen LogP contribution in [0, 0.1) is 5.92 Å². The van der Waals surface area contributed by atoms with E-state index in [2.05, 4.69) is 5.32 Å². The highest BCUT2D eigenvalue weighted by Crippen LogP contribution is 2.15. The van der Waals surface area contributed by atoms with Gasteiger partial charge in [-0.2, -0.15) is 0 Å². The van der Waals surface area contributed by atoms with Gasteiger partial charge in [0.2, 0.25) is 5.91 Å². The molecule has 1 aromatic carbocycles. The number of carbonyl (C=O) groups is 1. The maximum Gasteiger partial charge on any atom is 0.223 e. The number of nitrogens with one attached hydrogen (secondary N) is 1. The molecule has 19 heavy (non-hydrogen) atoms. The summed E-state index contributed by atoms with van der Waals surface area (Å²) in [5.41, 5.74) is 1.12. The van der Waals surface area contributed by atoms with E-state index >= 15 is 0 Å². The third kappa shape index (κ3) is 4.33. The van der Waals surface area contributed by atoms with Crippen LogP contribution in [0.5, 0.6) is 0 Å². The molecule has 4 heteroatoms. The van der Waals surface area contributed by atoms with Gasteiger partial charge in [0.15, 0.2) is 0 Å². The highest BCUT2D eigenvalue weighted by Gasteiger charge is 2.23. The molecule has 1 saturated heterocycles. The summed E-state index contributed by atoms with van der Waals surface area (Å²) in [6.07, 6.45) is 2.21. The van der Waals surface area contributed by atoms with Gasteiger partial charge in [0.1, 0.15) is 0 Å². The molecule has 1 atom stereocenters. The van der Waals surface area contributed by atoms with Crippen molar-refractivity contribution in [3.8, 4) is 0 Å². The lowest BCUT2D eigenvalue weighted by molar-refractivity contribution is -0.128. The Balaban J connectivity index is 1.86. The molecule has 0 unspecified atom stereocenters. The van der Waals surface area contributed by atoms with Crippen LogP contribution in [0.3, 0.4) is 0 Å². The van der Waals surface area contributed by atoms with Crippen molar-refractivity contribution in [2.75, 3.05) is 19.8 Å². The second-order valence-corrected chi connectivity index (χ2v) is 4.96. The molecule has 1 aliphatic rings. The summed E-state index contributed by atoms with van der Waals surface area (Å²) in [5.74, 6) is 0.0665. The molecule has 0 saturated carbocycles. The van der Waals surface area contributed by atoms with Gasteiger partial charge in [0.25, 0.3) is 0 Å². The predicted molar refractivity (Wildman–Crippen MR) is 72.7 cm³/mol. The van der Waals surface area contributed by atoms with Crippen LogP contribution in [-0.4, -0.2) is 36.9 Å². The van der Waals surface area contributed by atoms with E-state index < -0.39 is 0 Å². The van der Waals surface area contributed by atoms with Crippen LogP contribution in [0.15, 0.2) is 30.3 Å². The third-order valence-corrected chi connectivity index (χ3v) is 3.48. The van der Waals surface area contributed by atoms with Crippen LogP contribution in [0.25, 0.3) is 0 Å². The molecule has 1 fully saturated rings. The van der Waals surface area contributed by atoms with E-state index in [0.717, 1.165) is 18.4 Å². The standard InChI is InChI=1S/C15H21NO3/c17-11-14(10-12-4-2-1-3-5-12)16-15(18)13-6-8-19-9-7-13/h1-5,13-14,17H,6-11H2,(H,16,18)/t14-/m0/s1. The maximum absolute atomic E-state index is 12.1. The maximum atomic E-state index is 12.1. The first-order valence-electron chi connectivity index (χ1n) is 6.82. The van der Waals surface area contributed by atoms with Gasteiger partial charge < -0.3 is 15.2 Å². The van der Waals surface area contributed by atoms with E-state index in [1.54, 1.807) is 0 Å². The van der Waals surface area contributed by atoms with Crippen LogP contribution in [0.1, 0.15) is 18.4 Å². The number of aliphatic hydroxyl groups is 1. The zero-order valence-corrected chi connectivity index (χ0v) is 11.0. The van der Waals surface area contributed by atoms with Crippen LogP contribution >= 0.6 is 0 Å². The van der Waals surface area contributed by atoms with Crippen LogP contribution in [0.4, 0.5) is 0 Å². The Labute approximate surface area is 113 Å². The summed E-state index contributed by atoms with van der Waals surface area (Å²) in [7, 11) is 0. The summed E-state index contributed by atoms with van der Waals surface area (Å²) in [6, 6.07) is 9.68. The Hall–Kier alpha value is -1.39. The van der Waals surface area contributed by atoms with Gasteiger partial charge in [0, 0.05) is 19.1 Å². The van der Waals surface area contributed by atoms with Crippen molar-refractivity contribution >= 4 is 5.91 Å². The molecule has 2 N–H and O–H groups in total. The summed E-state index contributed by atoms with van der Waals surface area (Å²) in [4.78, 5) is 12.1. The third-order valence-electron chi connectivity index (χ3n) is 3.48. The number of hydrogen-bond donors (Lipinski definition) is 2. The normalized spacial score (nSPS) is 17.9. The van der Waals surface area contributed by atoms with Gasteiger partial charge >= 0.3 is 0 Å². The van der Waals surface area contributed by atoms with E-state index in [4.69, 9.17) is 4.74 Å². The van der Waals surface area contributed by atoms with E-state index in [1.807, 2.05) is 30.3 Å². The van der Waals surface area contributed by atoms with E-state index in [1.165, 1.54) is 0 Å². The van der Waals surface area contributed by atoms with Gasteiger partial charge in [-0.3, -0.25) is 4.79 Å². The molecule has 104 valence electrons.